The van der Waals surface area contributed by atoms with E-state index in [2.05, 4.69) is 10.5 Å². The van der Waals surface area contributed by atoms with E-state index in [9.17, 15) is 4.79 Å². The van der Waals surface area contributed by atoms with E-state index in [4.69, 9.17) is 21.1 Å². The van der Waals surface area contributed by atoms with Crippen molar-refractivity contribution in [3.8, 4) is 11.5 Å². The van der Waals surface area contributed by atoms with Crippen molar-refractivity contribution in [2.45, 2.75) is 19.4 Å². The van der Waals surface area contributed by atoms with Gasteiger partial charge in [0.1, 0.15) is 11.5 Å². The smallest absolute Gasteiger partial charge is 0.283 e. The van der Waals surface area contributed by atoms with E-state index >= 15 is 0 Å². The number of nitrogens with zero attached hydrogens (tertiary/aromatic N) is 1. The Morgan fingerprint density at radius 1 is 1.08 bits per heavy atom. The van der Waals surface area contributed by atoms with Crippen molar-refractivity contribution in [1.29, 1.82) is 0 Å². The fraction of sp³-hybridized carbons (Fsp3) is 0.222. The first-order valence-corrected chi connectivity index (χ1v) is 7.70. The highest BCUT2D eigenvalue weighted by atomic mass is 35.5. The highest BCUT2D eigenvalue weighted by Gasteiger charge is 2.29. The van der Waals surface area contributed by atoms with Gasteiger partial charge in [0.2, 0.25) is 0 Å². The number of amides is 1. The minimum Gasteiger partial charge on any atom is -0.497 e. The SMILES string of the molecule is COc1ccc(/C=N/NC(=O)C(C)(C)Oc2ccc(Cl)cc2)cc1. The Balaban J connectivity index is 1.94. The molecule has 126 valence electrons. The van der Waals surface area contributed by atoms with E-state index in [1.807, 2.05) is 24.3 Å². The molecule has 0 aliphatic rings. The molecule has 2 rings (SSSR count). The number of hydrogen-bond donors (Lipinski definition) is 1. The zero-order valence-corrected chi connectivity index (χ0v) is 14.5. The molecule has 1 amide bonds. The van der Waals surface area contributed by atoms with Crippen LogP contribution in [0, 0.1) is 0 Å². The Morgan fingerprint density at radius 2 is 1.67 bits per heavy atom. The maximum Gasteiger partial charge on any atom is 0.283 e. The quantitative estimate of drug-likeness (QED) is 0.641. The maximum atomic E-state index is 12.2. The van der Waals surface area contributed by atoms with Crippen LogP contribution in [0.4, 0.5) is 0 Å². The average molecular weight is 347 g/mol. The molecule has 6 heteroatoms. The summed E-state index contributed by atoms with van der Waals surface area (Å²) in [5.41, 5.74) is 2.24. The van der Waals surface area contributed by atoms with E-state index < -0.39 is 5.60 Å². The molecule has 0 radical (unpaired) electrons. The summed E-state index contributed by atoms with van der Waals surface area (Å²) < 4.78 is 10.8. The monoisotopic (exact) mass is 346 g/mol. The van der Waals surface area contributed by atoms with Crippen molar-refractivity contribution >= 4 is 23.7 Å². The Kier molecular flexibility index (Phi) is 5.82. The van der Waals surface area contributed by atoms with E-state index in [-0.39, 0.29) is 5.91 Å². The van der Waals surface area contributed by atoms with Crippen molar-refractivity contribution in [1.82, 2.24) is 5.43 Å². The molecule has 2 aromatic carbocycles. The molecule has 0 aromatic heterocycles. The van der Waals surface area contributed by atoms with E-state index in [1.165, 1.54) is 0 Å². The van der Waals surface area contributed by atoms with Gasteiger partial charge in [-0.2, -0.15) is 5.10 Å². The van der Waals surface area contributed by atoms with Crippen LogP contribution in [0.3, 0.4) is 0 Å². The van der Waals surface area contributed by atoms with Gasteiger partial charge < -0.3 is 9.47 Å². The van der Waals surface area contributed by atoms with Gasteiger partial charge in [-0.15, -0.1) is 0 Å². The van der Waals surface area contributed by atoms with Crippen molar-refractivity contribution in [2.24, 2.45) is 5.10 Å². The Bertz CT molecular complexity index is 710. The van der Waals surface area contributed by atoms with E-state index in [1.54, 1.807) is 51.4 Å². The summed E-state index contributed by atoms with van der Waals surface area (Å²) in [6.07, 6.45) is 1.55. The van der Waals surface area contributed by atoms with Crippen LogP contribution < -0.4 is 14.9 Å². The molecule has 5 nitrogen and oxygen atoms in total. The summed E-state index contributed by atoms with van der Waals surface area (Å²) in [6.45, 7) is 3.33. The van der Waals surface area contributed by atoms with Crippen LogP contribution >= 0.6 is 11.6 Å². The lowest BCUT2D eigenvalue weighted by molar-refractivity contribution is -0.134. The van der Waals surface area contributed by atoms with Crippen molar-refractivity contribution in [3.63, 3.8) is 0 Å². The topological polar surface area (TPSA) is 59.9 Å². The lowest BCUT2D eigenvalue weighted by atomic mass is 10.1. The van der Waals surface area contributed by atoms with Crippen LogP contribution in [0.25, 0.3) is 0 Å². The molecule has 0 bridgehead atoms. The van der Waals surface area contributed by atoms with Crippen molar-refractivity contribution in [3.05, 3.63) is 59.1 Å². The van der Waals surface area contributed by atoms with Gasteiger partial charge in [-0.05, 0) is 67.9 Å². The standard InChI is InChI=1S/C18H19ClN2O3/c1-18(2,24-16-10-6-14(19)7-11-16)17(22)21-20-12-13-4-8-15(23-3)9-5-13/h4-12H,1-3H3,(H,21,22)/b20-12+. The Labute approximate surface area is 146 Å². The zero-order valence-electron chi connectivity index (χ0n) is 13.7. The summed E-state index contributed by atoms with van der Waals surface area (Å²) in [5.74, 6) is 0.953. The second-order valence-electron chi connectivity index (χ2n) is 5.54. The van der Waals surface area contributed by atoms with Crippen LogP contribution in [0.15, 0.2) is 53.6 Å². The number of benzene rings is 2. The van der Waals surface area contributed by atoms with Crippen LogP contribution in [-0.4, -0.2) is 24.8 Å². The number of ether oxygens (including phenoxy) is 2. The van der Waals surface area contributed by atoms with Gasteiger partial charge in [0.05, 0.1) is 13.3 Å². The van der Waals surface area contributed by atoms with Gasteiger partial charge >= 0.3 is 0 Å². The third-order valence-electron chi connectivity index (χ3n) is 3.23. The number of carbonyl (C=O) groups excluding carboxylic acids is 1. The number of methoxy groups -OCH3 is 1. The highest BCUT2D eigenvalue weighted by Crippen LogP contribution is 2.21. The number of hydrogen-bond acceptors (Lipinski definition) is 4. The fourth-order valence-electron chi connectivity index (χ4n) is 1.83. The second kappa shape index (κ2) is 7.84. The molecule has 0 saturated heterocycles. The first kappa shape index (κ1) is 17.8. The number of halogens is 1. The minimum atomic E-state index is -1.08. The first-order valence-electron chi connectivity index (χ1n) is 7.33. The van der Waals surface area contributed by atoms with Gasteiger partial charge in [0, 0.05) is 5.02 Å². The predicted octanol–water partition coefficient (Wildman–Crippen LogP) is 3.66. The van der Waals surface area contributed by atoms with Crippen LogP contribution in [-0.2, 0) is 4.79 Å². The van der Waals surface area contributed by atoms with Gasteiger partial charge in [-0.25, -0.2) is 5.43 Å². The fourth-order valence-corrected chi connectivity index (χ4v) is 1.96. The van der Waals surface area contributed by atoms with Gasteiger partial charge in [-0.3, -0.25) is 4.79 Å². The van der Waals surface area contributed by atoms with E-state index in [0.717, 1.165) is 11.3 Å². The van der Waals surface area contributed by atoms with Gasteiger partial charge in [0.15, 0.2) is 5.60 Å². The molecule has 0 heterocycles. The summed E-state index contributed by atoms with van der Waals surface area (Å²) >= 11 is 5.83. The second-order valence-corrected chi connectivity index (χ2v) is 5.98. The molecular weight excluding hydrogens is 328 g/mol. The van der Waals surface area contributed by atoms with Crippen LogP contribution in [0.1, 0.15) is 19.4 Å². The number of carbonyl (C=O) groups is 1. The molecule has 0 unspecified atom stereocenters. The summed E-state index contributed by atoms with van der Waals surface area (Å²) in [7, 11) is 1.60. The van der Waals surface area contributed by atoms with Crippen LogP contribution in [0.2, 0.25) is 5.02 Å². The first-order chi connectivity index (χ1) is 11.4. The zero-order chi connectivity index (χ0) is 17.6. The molecule has 0 saturated carbocycles. The molecule has 24 heavy (non-hydrogen) atoms. The van der Waals surface area contributed by atoms with Gasteiger partial charge in [-0.1, -0.05) is 11.6 Å². The van der Waals surface area contributed by atoms with Crippen molar-refractivity contribution in [2.75, 3.05) is 7.11 Å². The minimum absolute atomic E-state index is 0.359. The summed E-state index contributed by atoms with van der Waals surface area (Å²) in [5, 5.41) is 4.56. The van der Waals surface area contributed by atoms with Crippen LogP contribution in [0.5, 0.6) is 11.5 Å². The lowest BCUT2D eigenvalue weighted by Crippen LogP contribution is -2.44. The molecular formula is C18H19ClN2O3. The van der Waals surface area contributed by atoms with Gasteiger partial charge in [0.25, 0.3) is 5.91 Å². The predicted molar refractivity (Wildman–Crippen MR) is 94.9 cm³/mol. The molecule has 0 fully saturated rings. The Morgan fingerprint density at radius 3 is 2.25 bits per heavy atom. The maximum absolute atomic E-state index is 12.2. The highest BCUT2D eigenvalue weighted by molar-refractivity contribution is 6.30. The number of rotatable bonds is 6. The molecule has 0 aliphatic heterocycles. The Hall–Kier alpha value is -2.53. The largest absolute Gasteiger partial charge is 0.497 e. The molecule has 2 aromatic rings. The average Bonchev–Trinajstić information content (AvgIpc) is 2.57. The third-order valence-corrected chi connectivity index (χ3v) is 3.48. The summed E-state index contributed by atoms with van der Waals surface area (Å²) in [4.78, 5) is 12.2. The van der Waals surface area contributed by atoms with E-state index in [0.29, 0.717) is 10.8 Å². The molecule has 0 spiro atoms. The normalized spacial score (nSPS) is 11.3. The number of hydrazone groups is 1. The molecule has 0 aliphatic carbocycles. The number of nitrogens with one attached hydrogen (secondary N) is 1. The third kappa shape index (κ3) is 4.99. The molecule has 1 N–H and O–H groups in total. The molecule has 0 atom stereocenters. The lowest BCUT2D eigenvalue weighted by Gasteiger charge is -2.24. The summed E-state index contributed by atoms with van der Waals surface area (Å²) in [6, 6.07) is 14.1. The van der Waals surface area contributed by atoms with Crippen molar-refractivity contribution < 1.29 is 14.3 Å².